The van der Waals surface area contributed by atoms with Crippen molar-refractivity contribution < 1.29 is 32.5 Å². The first-order chi connectivity index (χ1) is 10.3. The monoisotopic (exact) mass is 505 g/mol. The van der Waals surface area contributed by atoms with Crippen LogP contribution < -0.4 is 0 Å². The van der Waals surface area contributed by atoms with Crippen LogP contribution in [0.1, 0.15) is 0 Å². The summed E-state index contributed by atoms with van der Waals surface area (Å²) < 4.78 is 60.7. The van der Waals surface area contributed by atoms with Crippen molar-refractivity contribution in [3.63, 3.8) is 0 Å². The van der Waals surface area contributed by atoms with E-state index in [9.17, 15) is 20.4 Å². The summed E-state index contributed by atoms with van der Waals surface area (Å²) >= 11 is 1.81. The van der Waals surface area contributed by atoms with Gasteiger partial charge in [-0.1, -0.05) is 36.4 Å². The summed E-state index contributed by atoms with van der Waals surface area (Å²) in [6.45, 7) is 0. The van der Waals surface area contributed by atoms with E-state index in [1.54, 1.807) is 12.1 Å². The summed E-state index contributed by atoms with van der Waals surface area (Å²) in [6.07, 6.45) is 0. The molecule has 0 heterocycles. The molecule has 0 N–H and O–H groups in total. The third-order valence-corrected chi connectivity index (χ3v) is 5.58. The number of nitrogens with zero attached hydrogens (tertiary/aromatic N) is 1. The molecule has 0 saturated heterocycles. The average molecular weight is 506 g/mol. The Morgan fingerprint density at radius 3 is 1.32 bits per heavy atom. The number of rotatable bonds is 4. The predicted molar refractivity (Wildman–Crippen MR) is 85.7 cm³/mol. The topological polar surface area (TPSA) is 82.4 Å². The number of halogens is 2. The van der Waals surface area contributed by atoms with Gasteiger partial charge in [-0.2, -0.15) is 0 Å². The quantitative estimate of drug-likeness (QED) is 0.471. The third kappa shape index (κ3) is 5.93. The van der Waals surface area contributed by atoms with Gasteiger partial charge in [-0.15, -0.1) is 0 Å². The second-order valence-corrected chi connectivity index (χ2v) is 8.28. The van der Waals surface area contributed by atoms with Gasteiger partial charge in [-0.05, 0) is 24.3 Å². The van der Waals surface area contributed by atoms with E-state index in [1.165, 1.54) is 68.9 Å². The summed E-state index contributed by atoms with van der Waals surface area (Å²) in [5.74, 6) is 0. The van der Waals surface area contributed by atoms with Gasteiger partial charge in [0.2, 0.25) is 0 Å². The third-order valence-electron chi connectivity index (χ3n) is 2.28. The SMILES string of the molecule is O=S(=O)([N-]S(=O)(=O)c1ccccc1)c1ccccc1.[F][Cu][I]. The summed E-state index contributed by atoms with van der Waals surface area (Å²) in [7, 11) is -8.46. The van der Waals surface area contributed by atoms with Gasteiger partial charge in [-0.3, -0.25) is 0 Å². The second-order valence-electron chi connectivity index (χ2n) is 3.69. The molecule has 2 aromatic rings. The molecule has 0 aliphatic carbocycles. The number of sulfonamides is 2. The van der Waals surface area contributed by atoms with E-state index in [1.807, 2.05) is 0 Å². The Hall–Kier alpha value is -0.521. The summed E-state index contributed by atoms with van der Waals surface area (Å²) in [6, 6.07) is 14.4. The van der Waals surface area contributed by atoms with Crippen molar-refractivity contribution in [3.8, 4) is 0 Å². The van der Waals surface area contributed by atoms with Gasteiger partial charge in [-0.25, -0.2) is 16.8 Å². The van der Waals surface area contributed by atoms with Gasteiger partial charge in [0.25, 0.3) is 0 Å². The van der Waals surface area contributed by atoms with E-state index >= 15 is 0 Å². The first-order valence-electron chi connectivity index (χ1n) is 5.49. The van der Waals surface area contributed by atoms with Gasteiger partial charge in [0.05, 0.1) is 0 Å². The van der Waals surface area contributed by atoms with Crippen LogP contribution in [0.25, 0.3) is 4.13 Å². The molecular weight excluding hydrogens is 496 g/mol. The Balaban J connectivity index is 0.000000745. The molecule has 0 aliphatic heterocycles. The van der Waals surface area contributed by atoms with Crippen molar-refractivity contribution in [3.05, 3.63) is 64.8 Å². The predicted octanol–water partition coefficient (Wildman–Crippen LogP) is 3.44. The standard InChI is InChI=1S/C12H10NO4S2.Cu.FH.HI/c14-18(15,11-7-3-1-4-8-11)13-19(16,17)12-9-5-2-6-10-12;;;/h1-10H;;2*1H/q-1;+2;;/p-2. The molecule has 22 heavy (non-hydrogen) atoms. The van der Waals surface area contributed by atoms with Crippen LogP contribution in [-0.2, 0) is 32.2 Å². The summed E-state index contributed by atoms with van der Waals surface area (Å²) in [5, 5.41) is 0. The van der Waals surface area contributed by atoms with Gasteiger partial charge in [0, 0.05) is 9.79 Å². The van der Waals surface area contributed by atoms with Gasteiger partial charge in [0.15, 0.2) is 0 Å². The molecule has 0 aromatic heterocycles. The Morgan fingerprint density at radius 1 is 0.773 bits per heavy atom. The zero-order valence-corrected chi connectivity index (χ0v) is 15.5. The number of hydrogen-bond donors (Lipinski definition) is 0. The molecule has 10 heteroatoms. The van der Waals surface area contributed by atoms with Crippen molar-refractivity contribution in [2.75, 3.05) is 0 Å². The van der Waals surface area contributed by atoms with Crippen LogP contribution >= 0.6 is 20.3 Å². The molecule has 5 nitrogen and oxygen atoms in total. The van der Waals surface area contributed by atoms with Crippen LogP contribution in [0.3, 0.4) is 0 Å². The molecule has 0 bridgehead atoms. The molecule has 0 amide bonds. The van der Waals surface area contributed by atoms with E-state index < -0.39 is 20.0 Å². The minimum absolute atomic E-state index is 0.158. The zero-order chi connectivity index (χ0) is 16.6. The van der Waals surface area contributed by atoms with Crippen molar-refractivity contribution in [1.29, 1.82) is 0 Å². The van der Waals surface area contributed by atoms with Crippen molar-refractivity contribution in [2.24, 2.45) is 0 Å². The molecular formula is C12H10CuFINO4S2-. The van der Waals surface area contributed by atoms with Crippen LogP contribution in [0.4, 0.5) is 3.55 Å². The number of hydrogen-bond acceptors (Lipinski definition) is 4. The summed E-state index contributed by atoms with van der Waals surface area (Å²) in [4.78, 5) is -0.316. The maximum atomic E-state index is 11.9. The van der Waals surface area contributed by atoms with E-state index in [0.29, 0.717) is 0 Å². The van der Waals surface area contributed by atoms with Crippen LogP contribution in [0, 0.1) is 0 Å². The van der Waals surface area contributed by atoms with Gasteiger partial charge in [0.1, 0.15) is 20.0 Å². The molecule has 0 spiro atoms. The summed E-state index contributed by atoms with van der Waals surface area (Å²) in [5.41, 5.74) is 0. The maximum absolute atomic E-state index is 11.9. The Labute approximate surface area is 146 Å². The molecule has 125 valence electrons. The van der Waals surface area contributed by atoms with Crippen LogP contribution in [0.5, 0.6) is 0 Å². The first kappa shape index (κ1) is 19.5. The molecule has 2 aromatic carbocycles. The zero-order valence-electron chi connectivity index (χ0n) is 10.7. The molecule has 0 unspecified atom stereocenters. The molecule has 0 radical (unpaired) electrons. The Morgan fingerprint density at radius 2 is 1.05 bits per heavy atom. The van der Waals surface area contributed by atoms with Crippen LogP contribution in [0.2, 0.25) is 0 Å². The first-order valence-corrected chi connectivity index (χ1v) is 11.8. The minimum atomic E-state index is -4.23. The molecule has 0 saturated carbocycles. The van der Waals surface area contributed by atoms with Crippen LogP contribution in [0.15, 0.2) is 70.5 Å². The molecule has 0 atom stereocenters. The Kier molecular flexibility index (Phi) is 7.94. The number of benzene rings is 2. The van der Waals surface area contributed by atoms with Gasteiger partial charge >= 0.3 is 36.1 Å². The molecule has 2 rings (SSSR count). The Bertz CT molecular complexity index is 719. The molecule has 0 aliphatic rings. The normalized spacial score (nSPS) is 11.5. The van der Waals surface area contributed by atoms with E-state index in [0.717, 1.165) is 0 Å². The van der Waals surface area contributed by atoms with E-state index in [4.69, 9.17) is 0 Å². The van der Waals surface area contributed by atoms with E-state index in [-0.39, 0.29) is 22.0 Å². The van der Waals surface area contributed by atoms with Crippen molar-refractivity contribution in [2.45, 2.75) is 9.79 Å². The van der Waals surface area contributed by atoms with Gasteiger partial charge < -0.3 is 4.13 Å². The van der Waals surface area contributed by atoms with Crippen molar-refractivity contribution in [1.82, 2.24) is 0 Å². The van der Waals surface area contributed by atoms with Crippen LogP contribution in [-0.4, -0.2) is 16.8 Å². The average Bonchev–Trinajstić information content (AvgIpc) is 2.49. The molecule has 0 fully saturated rings. The fourth-order valence-electron chi connectivity index (χ4n) is 1.40. The fraction of sp³-hybridized carbons (Fsp3) is 0. The fourth-order valence-corrected chi connectivity index (χ4v) is 4.12. The second kappa shape index (κ2) is 8.94. The van der Waals surface area contributed by atoms with Crippen molar-refractivity contribution >= 4 is 40.4 Å². The van der Waals surface area contributed by atoms with E-state index in [2.05, 4.69) is 4.13 Å².